The van der Waals surface area contributed by atoms with Crippen molar-refractivity contribution in [1.82, 2.24) is 9.55 Å². The Balaban J connectivity index is 2.15. The molecule has 3 rings (SSSR count). The number of benzene rings is 1. The normalized spacial score (nSPS) is 10.4. The number of thioether (sulfide) groups is 1. The first kappa shape index (κ1) is 18.7. The molecule has 0 fully saturated rings. The quantitative estimate of drug-likeness (QED) is 0.483. The molecule has 0 atom stereocenters. The van der Waals surface area contributed by atoms with Crippen molar-refractivity contribution in [2.45, 2.75) is 11.9 Å². The minimum absolute atomic E-state index is 0.276. The number of nitriles is 1. The molecule has 0 aliphatic rings. The highest BCUT2D eigenvalue weighted by Crippen LogP contribution is 2.37. The maximum atomic E-state index is 12.6. The summed E-state index contributed by atoms with van der Waals surface area (Å²) in [6, 6.07) is 15.7. The first-order valence-electron chi connectivity index (χ1n) is 8.48. The number of carbonyl (C=O) groups is 1. The third kappa shape index (κ3) is 3.46. The van der Waals surface area contributed by atoms with Crippen LogP contribution in [0.4, 0.5) is 0 Å². The van der Waals surface area contributed by atoms with Crippen molar-refractivity contribution in [2.75, 3.05) is 12.9 Å². The molecule has 3 aromatic rings. The van der Waals surface area contributed by atoms with Gasteiger partial charge in [-0.25, -0.2) is 4.79 Å². The second-order valence-electron chi connectivity index (χ2n) is 5.79. The Kier molecular flexibility index (Phi) is 5.63. The fourth-order valence-electron chi connectivity index (χ4n) is 3.07. The van der Waals surface area contributed by atoms with E-state index in [1.54, 1.807) is 24.7 Å². The summed E-state index contributed by atoms with van der Waals surface area (Å²) in [5.74, 6) is -0.430. The number of ether oxygens (including phenoxy) is 1. The van der Waals surface area contributed by atoms with E-state index >= 15 is 0 Å². The van der Waals surface area contributed by atoms with Crippen LogP contribution < -0.4 is 0 Å². The van der Waals surface area contributed by atoms with Gasteiger partial charge in [0.05, 0.1) is 22.9 Å². The van der Waals surface area contributed by atoms with E-state index in [0.717, 1.165) is 21.8 Å². The first-order valence-corrected chi connectivity index (χ1v) is 9.70. The monoisotopic (exact) mass is 377 g/mol. The molecule has 5 nitrogen and oxygen atoms in total. The number of esters is 1. The van der Waals surface area contributed by atoms with Crippen molar-refractivity contribution in [3.05, 3.63) is 59.9 Å². The van der Waals surface area contributed by atoms with Crippen LogP contribution in [0.2, 0.25) is 0 Å². The number of carbonyl (C=O) groups excluding carboxylic acids is 1. The molecule has 0 aliphatic carbocycles. The predicted octanol–water partition coefficient (Wildman–Crippen LogP) is 4.52. The number of rotatable bonds is 5. The summed E-state index contributed by atoms with van der Waals surface area (Å²) in [4.78, 5) is 16.9. The highest BCUT2D eigenvalue weighted by atomic mass is 32.2. The van der Waals surface area contributed by atoms with Crippen LogP contribution in [0.3, 0.4) is 0 Å². The number of hydrogen-bond donors (Lipinski definition) is 0. The van der Waals surface area contributed by atoms with Crippen molar-refractivity contribution < 1.29 is 9.53 Å². The van der Waals surface area contributed by atoms with Gasteiger partial charge in [0.2, 0.25) is 0 Å². The van der Waals surface area contributed by atoms with Crippen molar-refractivity contribution in [3.8, 4) is 28.5 Å². The SMILES string of the molecule is CCOC(=O)c1c(-c2ccc(-c3ccccn3)cc2)c(C#N)c(SC)n1C. The van der Waals surface area contributed by atoms with Crippen LogP contribution in [-0.2, 0) is 11.8 Å². The lowest BCUT2D eigenvalue weighted by Gasteiger charge is -2.08. The van der Waals surface area contributed by atoms with E-state index in [9.17, 15) is 10.1 Å². The average molecular weight is 377 g/mol. The Morgan fingerprint density at radius 1 is 1.22 bits per heavy atom. The van der Waals surface area contributed by atoms with E-state index in [2.05, 4.69) is 11.1 Å². The Hall–Kier alpha value is -3.04. The second kappa shape index (κ2) is 8.11. The van der Waals surface area contributed by atoms with Crippen molar-refractivity contribution in [3.63, 3.8) is 0 Å². The fraction of sp³-hybridized carbons (Fsp3) is 0.190. The van der Waals surface area contributed by atoms with Crippen LogP contribution >= 0.6 is 11.8 Å². The highest BCUT2D eigenvalue weighted by molar-refractivity contribution is 7.98. The van der Waals surface area contributed by atoms with Gasteiger partial charge >= 0.3 is 5.97 Å². The molecule has 0 amide bonds. The third-order valence-electron chi connectivity index (χ3n) is 4.25. The lowest BCUT2D eigenvalue weighted by atomic mass is 9.99. The molecule has 136 valence electrons. The Morgan fingerprint density at radius 2 is 1.93 bits per heavy atom. The molecule has 0 saturated carbocycles. The van der Waals surface area contributed by atoms with Gasteiger partial charge in [-0.1, -0.05) is 30.3 Å². The van der Waals surface area contributed by atoms with Crippen molar-refractivity contribution >= 4 is 17.7 Å². The fourth-order valence-corrected chi connectivity index (χ4v) is 3.78. The minimum Gasteiger partial charge on any atom is -0.461 e. The average Bonchev–Trinajstić information content (AvgIpc) is 3.00. The zero-order chi connectivity index (χ0) is 19.4. The van der Waals surface area contributed by atoms with E-state index < -0.39 is 5.97 Å². The van der Waals surface area contributed by atoms with Crippen LogP contribution in [0.5, 0.6) is 0 Å². The van der Waals surface area contributed by atoms with E-state index in [0.29, 0.717) is 16.8 Å². The molecule has 0 radical (unpaired) electrons. The van der Waals surface area contributed by atoms with E-state index in [4.69, 9.17) is 4.74 Å². The summed E-state index contributed by atoms with van der Waals surface area (Å²) in [5, 5.41) is 10.5. The number of pyridine rings is 1. The molecule has 0 spiro atoms. The van der Waals surface area contributed by atoms with Gasteiger partial charge in [-0.3, -0.25) is 4.98 Å². The summed E-state index contributed by atoms with van der Waals surface area (Å²) in [7, 11) is 1.78. The molecular formula is C21H19N3O2S. The molecule has 0 N–H and O–H groups in total. The summed E-state index contributed by atoms with van der Waals surface area (Å²) >= 11 is 1.43. The summed E-state index contributed by atoms with van der Waals surface area (Å²) in [5.41, 5.74) is 4.12. The highest BCUT2D eigenvalue weighted by Gasteiger charge is 2.27. The van der Waals surface area contributed by atoms with Gasteiger partial charge < -0.3 is 9.30 Å². The van der Waals surface area contributed by atoms with Crippen molar-refractivity contribution in [2.24, 2.45) is 7.05 Å². The Labute approximate surface area is 162 Å². The van der Waals surface area contributed by atoms with Gasteiger partial charge in [0, 0.05) is 24.4 Å². The van der Waals surface area contributed by atoms with Gasteiger partial charge in [-0.2, -0.15) is 5.26 Å². The Morgan fingerprint density at radius 3 is 2.48 bits per heavy atom. The third-order valence-corrected chi connectivity index (χ3v) is 5.11. The molecular weight excluding hydrogens is 358 g/mol. The molecule has 1 aromatic carbocycles. The minimum atomic E-state index is -0.430. The Bertz CT molecular complexity index is 1000. The first-order chi connectivity index (χ1) is 13.1. The van der Waals surface area contributed by atoms with Gasteiger partial charge in [0.15, 0.2) is 0 Å². The van der Waals surface area contributed by atoms with Gasteiger partial charge in [-0.15, -0.1) is 11.8 Å². The molecule has 0 saturated heterocycles. The van der Waals surface area contributed by atoms with Gasteiger partial charge in [-0.05, 0) is 30.9 Å². The maximum Gasteiger partial charge on any atom is 0.355 e. The van der Waals surface area contributed by atoms with Gasteiger partial charge in [0.1, 0.15) is 11.8 Å². The van der Waals surface area contributed by atoms with Gasteiger partial charge in [0.25, 0.3) is 0 Å². The lowest BCUT2D eigenvalue weighted by Crippen LogP contribution is -2.11. The molecule has 27 heavy (non-hydrogen) atoms. The smallest absolute Gasteiger partial charge is 0.355 e. The van der Waals surface area contributed by atoms with Crippen LogP contribution in [-0.4, -0.2) is 28.4 Å². The molecule has 0 aliphatic heterocycles. The molecule has 6 heteroatoms. The molecule has 2 heterocycles. The van der Waals surface area contributed by atoms with Crippen LogP contribution in [0.1, 0.15) is 23.0 Å². The summed E-state index contributed by atoms with van der Waals surface area (Å²) in [6.45, 7) is 2.04. The topological polar surface area (TPSA) is 67.9 Å². The molecule has 0 unspecified atom stereocenters. The largest absolute Gasteiger partial charge is 0.461 e. The second-order valence-corrected chi connectivity index (χ2v) is 6.59. The zero-order valence-electron chi connectivity index (χ0n) is 15.4. The van der Waals surface area contributed by atoms with Crippen LogP contribution in [0, 0.1) is 11.3 Å². The number of nitrogens with zero attached hydrogens (tertiary/aromatic N) is 3. The molecule has 2 aromatic heterocycles. The number of hydrogen-bond acceptors (Lipinski definition) is 5. The van der Waals surface area contributed by atoms with Crippen LogP contribution in [0.15, 0.2) is 53.7 Å². The lowest BCUT2D eigenvalue weighted by molar-refractivity contribution is 0.0515. The van der Waals surface area contributed by atoms with Crippen LogP contribution in [0.25, 0.3) is 22.4 Å². The molecule has 0 bridgehead atoms. The number of aromatic nitrogens is 2. The van der Waals surface area contributed by atoms with E-state index in [1.165, 1.54) is 11.8 Å². The summed E-state index contributed by atoms with van der Waals surface area (Å²) in [6.07, 6.45) is 3.64. The van der Waals surface area contributed by atoms with Crippen molar-refractivity contribution in [1.29, 1.82) is 5.26 Å². The summed E-state index contributed by atoms with van der Waals surface area (Å²) < 4.78 is 6.97. The van der Waals surface area contributed by atoms with E-state index in [-0.39, 0.29) is 6.61 Å². The standard InChI is InChI=1S/C21H19N3O2S/c1-4-26-21(25)19-18(16(13-22)20(27-3)24(19)2)15-10-8-14(9-11-15)17-7-5-6-12-23-17/h5-12H,4H2,1-3H3. The zero-order valence-corrected chi connectivity index (χ0v) is 16.2. The maximum absolute atomic E-state index is 12.6. The van der Waals surface area contributed by atoms with E-state index in [1.807, 2.05) is 48.7 Å². The predicted molar refractivity (Wildman–Crippen MR) is 107 cm³/mol.